The summed E-state index contributed by atoms with van der Waals surface area (Å²) in [7, 11) is 0. The molecule has 1 aliphatic heterocycles. The van der Waals surface area contributed by atoms with Crippen molar-refractivity contribution in [1.29, 1.82) is 0 Å². The zero-order chi connectivity index (χ0) is 15.2. The first-order chi connectivity index (χ1) is 10.1. The fourth-order valence-corrected chi connectivity index (χ4v) is 2.58. The maximum Gasteiger partial charge on any atom is 0.227 e. The minimum Gasteiger partial charge on any atom is -0.491 e. The van der Waals surface area contributed by atoms with Crippen LogP contribution in [0.15, 0.2) is 24.3 Å². The van der Waals surface area contributed by atoms with E-state index in [0.717, 1.165) is 37.2 Å². The molecule has 0 spiro atoms. The van der Waals surface area contributed by atoms with Gasteiger partial charge in [-0.05, 0) is 51.8 Å². The average Bonchev–Trinajstić information content (AvgIpc) is 2.47. The Morgan fingerprint density at radius 2 is 2.33 bits per heavy atom. The third-order valence-corrected chi connectivity index (χ3v) is 4.01. The van der Waals surface area contributed by atoms with Gasteiger partial charge in [0.2, 0.25) is 5.91 Å². The summed E-state index contributed by atoms with van der Waals surface area (Å²) in [6.07, 6.45) is 2.94. The molecule has 4 heteroatoms. The molecule has 1 saturated heterocycles. The Morgan fingerprint density at radius 1 is 1.52 bits per heavy atom. The van der Waals surface area contributed by atoms with E-state index in [0.29, 0.717) is 6.04 Å². The van der Waals surface area contributed by atoms with Gasteiger partial charge in [-0.25, -0.2) is 0 Å². The largest absolute Gasteiger partial charge is 0.491 e. The first-order valence-electron chi connectivity index (χ1n) is 7.89. The predicted octanol–water partition coefficient (Wildman–Crippen LogP) is 3.19. The van der Waals surface area contributed by atoms with Gasteiger partial charge in [-0.1, -0.05) is 13.0 Å². The summed E-state index contributed by atoms with van der Waals surface area (Å²) >= 11 is 0. The molecule has 1 aliphatic rings. The van der Waals surface area contributed by atoms with Gasteiger partial charge in [-0.3, -0.25) is 4.79 Å². The van der Waals surface area contributed by atoms with Crippen LogP contribution in [0.4, 0.5) is 5.69 Å². The zero-order valence-corrected chi connectivity index (χ0v) is 13.2. The van der Waals surface area contributed by atoms with Gasteiger partial charge in [0.05, 0.1) is 6.10 Å². The van der Waals surface area contributed by atoms with Crippen molar-refractivity contribution in [2.45, 2.75) is 52.2 Å². The maximum absolute atomic E-state index is 12.3. The van der Waals surface area contributed by atoms with E-state index in [-0.39, 0.29) is 17.9 Å². The number of carbonyl (C=O) groups is 1. The van der Waals surface area contributed by atoms with Crippen LogP contribution in [0.25, 0.3) is 0 Å². The summed E-state index contributed by atoms with van der Waals surface area (Å²) in [4.78, 5) is 12.3. The van der Waals surface area contributed by atoms with Crippen LogP contribution in [-0.4, -0.2) is 24.6 Å². The van der Waals surface area contributed by atoms with Gasteiger partial charge >= 0.3 is 0 Å². The first-order valence-corrected chi connectivity index (χ1v) is 7.89. The molecule has 1 aromatic rings. The molecule has 1 aromatic carbocycles. The quantitative estimate of drug-likeness (QED) is 0.875. The topological polar surface area (TPSA) is 50.4 Å². The van der Waals surface area contributed by atoms with Crippen molar-refractivity contribution in [3.8, 4) is 5.75 Å². The number of anilines is 1. The first kappa shape index (κ1) is 15.8. The molecule has 1 fully saturated rings. The summed E-state index contributed by atoms with van der Waals surface area (Å²) < 4.78 is 5.79. The highest BCUT2D eigenvalue weighted by molar-refractivity contribution is 5.92. The molecule has 4 nitrogen and oxygen atoms in total. The monoisotopic (exact) mass is 290 g/mol. The van der Waals surface area contributed by atoms with Crippen LogP contribution < -0.4 is 15.4 Å². The Balaban J connectivity index is 1.95. The molecule has 0 radical (unpaired) electrons. The van der Waals surface area contributed by atoms with Crippen molar-refractivity contribution in [2.24, 2.45) is 5.92 Å². The number of piperidine rings is 1. The van der Waals surface area contributed by atoms with E-state index < -0.39 is 0 Å². The smallest absolute Gasteiger partial charge is 0.227 e. The minimum absolute atomic E-state index is 0.0976. The lowest BCUT2D eigenvalue weighted by Crippen LogP contribution is -2.40. The minimum atomic E-state index is 0.0976. The molecule has 0 saturated carbocycles. The van der Waals surface area contributed by atoms with Crippen LogP contribution in [0.3, 0.4) is 0 Å². The molecule has 2 rings (SSSR count). The predicted molar refractivity (Wildman–Crippen MR) is 85.6 cm³/mol. The highest BCUT2D eigenvalue weighted by Crippen LogP contribution is 2.22. The second-order valence-electron chi connectivity index (χ2n) is 5.93. The molecular formula is C17H26N2O2. The summed E-state index contributed by atoms with van der Waals surface area (Å²) in [5, 5.41) is 6.38. The van der Waals surface area contributed by atoms with Gasteiger partial charge in [0.15, 0.2) is 0 Å². The highest BCUT2D eigenvalue weighted by Gasteiger charge is 2.24. The van der Waals surface area contributed by atoms with Crippen molar-refractivity contribution in [2.75, 3.05) is 11.9 Å². The van der Waals surface area contributed by atoms with Crippen LogP contribution >= 0.6 is 0 Å². The molecule has 1 heterocycles. The SMILES string of the molecule is CCC(C)Oc1cccc(NC(=O)C2CCNC(C)C2)c1. The molecule has 0 bridgehead atoms. The molecular weight excluding hydrogens is 264 g/mol. The molecule has 3 unspecified atom stereocenters. The molecule has 21 heavy (non-hydrogen) atoms. The van der Waals surface area contributed by atoms with E-state index in [1.807, 2.05) is 31.2 Å². The van der Waals surface area contributed by atoms with E-state index in [1.165, 1.54) is 0 Å². The highest BCUT2D eigenvalue weighted by atomic mass is 16.5. The zero-order valence-electron chi connectivity index (χ0n) is 13.2. The van der Waals surface area contributed by atoms with Gasteiger partial charge in [-0.2, -0.15) is 0 Å². The standard InChI is InChI=1S/C17H26N2O2/c1-4-13(3)21-16-7-5-6-15(11-16)19-17(20)14-8-9-18-12(2)10-14/h5-7,11-14,18H,4,8-10H2,1-3H3,(H,19,20). The number of nitrogens with one attached hydrogen (secondary N) is 2. The average molecular weight is 290 g/mol. The van der Waals surface area contributed by atoms with E-state index in [9.17, 15) is 4.79 Å². The lowest BCUT2D eigenvalue weighted by atomic mass is 9.92. The Kier molecular flexibility index (Phi) is 5.62. The lowest BCUT2D eigenvalue weighted by Gasteiger charge is -2.27. The van der Waals surface area contributed by atoms with Crippen molar-refractivity contribution in [1.82, 2.24) is 5.32 Å². The summed E-state index contributed by atoms with van der Waals surface area (Å²) in [6.45, 7) is 7.17. The summed E-state index contributed by atoms with van der Waals surface area (Å²) in [5.74, 6) is 1.02. The Morgan fingerprint density at radius 3 is 3.05 bits per heavy atom. The van der Waals surface area contributed by atoms with Crippen LogP contribution in [-0.2, 0) is 4.79 Å². The number of ether oxygens (including phenoxy) is 1. The van der Waals surface area contributed by atoms with Crippen molar-refractivity contribution >= 4 is 11.6 Å². The number of hydrogen-bond acceptors (Lipinski definition) is 3. The Labute approximate surface area is 127 Å². The van der Waals surface area contributed by atoms with Crippen LogP contribution in [0.1, 0.15) is 40.0 Å². The summed E-state index contributed by atoms with van der Waals surface area (Å²) in [6, 6.07) is 8.06. The normalized spacial score (nSPS) is 23.4. The van der Waals surface area contributed by atoms with E-state index in [4.69, 9.17) is 4.74 Å². The van der Waals surface area contributed by atoms with Gasteiger partial charge in [0.25, 0.3) is 0 Å². The third-order valence-electron chi connectivity index (χ3n) is 4.01. The number of rotatable bonds is 5. The lowest BCUT2D eigenvalue weighted by molar-refractivity contribution is -0.120. The van der Waals surface area contributed by atoms with Crippen molar-refractivity contribution in [3.05, 3.63) is 24.3 Å². The van der Waals surface area contributed by atoms with Gasteiger partial charge < -0.3 is 15.4 Å². The van der Waals surface area contributed by atoms with Crippen molar-refractivity contribution < 1.29 is 9.53 Å². The maximum atomic E-state index is 12.3. The number of amides is 1. The Bertz CT molecular complexity index is 476. The van der Waals surface area contributed by atoms with Gasteiger partial charge in [-0.15, -0.1) is 0 Å². The second kappa shape index (κ2) is 7.46. The van der Waals surface area contributed by atoms with Crippen LogP contribution in [0, 0.1) is 5.92 Å². The van der Waals surface area contributed by atoms with Crippen molar-refractivity contribution in [3.63, 3.8) is 0 Å². The van der Waals surface area contributed by atoms with E-state index in [1.54, 1.807) is 0 Å². The second-order valence-corrected chi connectivity index (χ2v) is 5.93. The van der Waals surface area contributed by atoms with Crippen LogP contribution in [0.2, 0.25) is 0 Å². The Hall–Kier alpha value is -1.55. The number of hydrogen-bond donors (Lipinski definition) is 2. The van der Waals surface area contributed by atoms with Gasteiger partial charge in [0.1, 0.15) is 5.75 Å². The third kappa shape index (κ3) is 4.74. The molecule has 2 N–H and O–H groups in total. The van der Waals surface area contributed by atoms with Crippen LogP contribution in [0.5, 0.6) is 5.75 Å². The molecule has 0 aromatic heterocycles. The fourth-order valence-electron chi connectivity index (χ4n) is 2.58. The number of benzene rings is 1. The molecule has 0 aliphatic carbocycles. The molecule has 116 valence electrons. The van der Waals surface area contributed by atoms with Gasteiger partial charge in [0, 0.05) is 23.7 Å². The summed E-state index contributed by atoms with van der Waals surface area (Å²) in [5.41, 5.74) is 0.812. The van der Waals surface area contributed by atoms with E-state index >= 15 is 0 Å². The van der Waals surface area contributed by atoms with E-state index in [2.05, 4.69) is 24.5 Å². The fraction of sp³-hybridized carbons (Fsp3) is 0.588. The number of carbonyl (C=O) groups excluding carboxylic acids is 1. The molecule has 1 amide bonds. The molecule has 3 atom stereocenters.